The van der Waals surface area contributed by atoms with E-state index in [0.717, 1.165) is 23.8 Å². The van der Waals surface area contributed by atoms with Crippen molar-refractivity contribution in [2.45, 2.75) is 32.8 Å². The van der Waals surface area contributed by atoms with Crippen molar-refractivity contribution in [2.24, 2.45) is 0 Å². The summed E-state index contributed by atoms with van der Waals surface area (Å²) in [6, 6.07) is 2.24. The molecule has 0 unspecified atom stereocenters. The first-order valence-electron chi connectivity index (χ1n) is 8.05. The molecule has 26 heavy (non-hydrogen) atoms. The Bertz CT molecular complexity index is 813. The highest BCUT2D eigenvalue weighted by molar-refractivity contribution is 6.27. The standard InChI is InChI=1S/C19H20O7/c1-10(2)3-6-15(26-16(24)7-8-20)11-9-14(23)17-12(21)4-5-13(22)18(17)19(11)25/h3-5,9,15,20-22H,6-8H2,1-2H3/t15-/m1/s1. The van der Waals surface area contributed by atoms with E-state index in [1.54, 1.807) is 6.08 Å². The lowest BCUT2D eigenvalue weighted by Gasteiger charge is -2.23. The zero-order valence-electron chi connectivity index (χ0n) is 14.5. The molecule has 0 aromatic heterocycles. The van der Waals surface area contributed by atoms with Crippen molar-refractivity contribution in [1.82, 2.24) is 0 Å². The number of aromatic hydroxyl groups is 2. The number of phenolic OH excluding ortho intramolecular Hbond substituents is 2. The van der Waals surface area contributed by atoms with Gasteiger partial charge in [-0.3, -0.25) is 14.4 Å². The van der Waals surface area contributed by atoms with E-state index in [2.05, 4.69) is 0 Å². The Balaban J connectivity index is 2.46. The molecule has 0 amide bonds. The Morgan fingerprint density at radius 3 is 2.35 bits per heavy atom. The first-order chi connectivity index (χ1) is 12.3. The summed E-state index contributed by atoms with van der Waals surface area (Å²) in [6.07, 6.45) is 1.62. The highest BCUT2D eigenvalue weighted by Crippen LogP contribution is 2.36. The van der Waals surface area contributed by atoms with E-state index in [0.29, 0.717) is 0 Å². The summed E-state index contributed by atoms with van der Waals surface area (Å²) in [5.41, 5.74) is 0.241. The number of fused-ring (bicyclic) bond motifs is 1. The first-order valence-corrected chi connectivity index (χ1v) is 8.05. The molecule has 7 heteroatoms. The molecule has 0 fully saturated rings. The number of hydrogen-bond donors (Lipinski definition) is 3. The number of aliphatic hydroxyl groups is 1. The van der Waals surface area contributed by atoms with Gasteiger partial charge >= 0.3 is 5.97 Å². The normalized spacial score (nSPS) is 14.3. The van der Waals surface area contributed by atoms with Crippen molar-refractivity contribution in [3.8, 4) is 11.5 Å². The van der Waals surface area contributed by atoms with E-state index in [4.69, 9.17) is 9.84 Å². The Labute approximate surface area is 150 Å². The van der Waals surface area contributed by atoms with Crippen molar-refractivity contribution >= 4 is 17.5 Å². The molecule has 1 aromatic carbocycles. The maximum atomic E-state index is 12.8. The van der Waals surface area contributed by atoms with Gasteiger partial charge in [0.15, 0.2) is 11.6 Å². The summed E-state index contributed by atoms with van der Waals surface area (Å²) < 4.78 is 5.26. The maximum absolute atomic E-state index is 12.8. The van der Waals surface area contributed by atoms with Crippen molar-refractivity contribution < 1.29 is 34.4 Å². The van der Waals surface area contributed by atoms with Gasteiger partial charge in [0, 0.05) is 12.0 Å². The highest BCUT2D eigenvalue weighted by atomic mass is 16.5. The molecule has 0 heterocycles. The molecule has 0 bridgehead atoms. The monoisotopic (exact) mass is 360 g/mol. The zero-order chi connectivity index (χ0) is 19.4. The number of aliphatic hydroxyl groups excluding tert-OH is 1. The van der Waals surface area contributed by atoms with E-state index < -0.39 is 41.7 Å². The summed E-state index contributed by atoms with van der Waals surface area (Å²) in [5.74, 6) is -2.93. The van der Waals surface area contributed by atoms with Crippen LogP contribution in [0.15, 0.2) is 35.4 Å². The average molecular weight is 360 g/mol. The number of esters is 1. The Kier molecular flexibility index (Phi) is 5.94. The van der Waals surface area contributed by atoms with Crippen molar-refractivity contribution in [1.29, 1.82) is 0 Å². The third-order valence-electron chi connectivity index (χ3n) is 3.86. The molecule has 1 aromatic rings. The molecule has 2 rings (SSSR count). The van der Waals surface area contributed by atoms with Crippen LogP contribution < -0.4 is 0 Å². The third kappa shape index (κ3) is 4.00. The van der Waals surface area contributed by atoms with Crippen LogP contribution in [0.25, 0.3) is 0 Å². The minimum absolute atomic E-state index is 0.0906. The van der Waals surface area contributed by atoms with Gasteiger partial charge in [0.05, 0.1) is 24.2 Å². The summed E-state index contributed by atoms with van der Waals surface area (Å²) in [7, 11) is 0. The first kappa shape index (κ1) is 19.4. The SMILES string of the molecule is CC(C)=CC[C@@H](OC(=O)CCO)C1=CC(=O)c2c(O)ccc(O)c2C1=O. The van der Waals surface area contributed by atoms with Crippen LogP contribution in [0.2, 0.25) is 0 Å². The largest absolute Gasteiger partial charge is 0.507 e. The van der Waals surface area contributed by atoms with Crippen LogP contribution in [-0.2, 0) is 9.53 Å². The highest BCUT2D eigenvalue weighted by Gasteiger charge is 2.35. The van der Waals surface area contributed by atoms with Gasteiger partial charge in [0.25, 0.3) is 0 Å². The molecule has 138 valence electrons. The summed E-state index contributed by atoms with van der Waals surface area (Å²) in [6.45, 7) is 3.25. The van der Waals surface area contributed by atoms with Gasteiger partial charge in [-0.15, -0.1) is 0 Å². The molecule has 0 aliphatic heterocycles. The van der Waals surface area contributed by atoms with Gasteiger partial charge < -0.3 is 20.1 Å². The number of carbonyl (C=O) groups is 3. The van der Waals surface area contributed by atoms with Crippen LogP contribution in [0.5, 0.6) is 11.5 Å². The number of hydrogen-bond acceptors (Lipinski definition) is 7. The Hall–Kier alpha value is -2.93. The zero-order valence-corrected chi connectivity index (χ0v) is 14.5. The molecular formula is C19H20O7. The summed E-state index contributed by atoms with van der Waals surface area (Å²) in [5, 5.41) is 28.7. The number of benzene rings is 1. The quantitative estimate of drug-likeness (QED) is 0.403. The lowest BCUT2D eigenvalue weighted by Crippen LogP contribution is -2.29. The van der Waals surface area contributed by atoms with Gasteiger partial charge in [-0.05, 0) is 32.1 Å². The third-order valence-corrected chi connectivity index (χ3v) is 3.86. The molecule has 0 saturated heterocycles. The van der Waals surface area contributed by atoms with E-state index >= 15 is 0 Å². The minimum atomic E-state index is -1.05. The van der Waals surface area contributed by atoms with Crippen LogP contribution in [0.4, 0.5) is 0 Å². The van der Waals surface area contributed by atoms with Crippen LogP contribution >= 0.6 is 0 Å². The number of phenols is 2. The molecule has 3 N–H and O–H groups in total. The van der Waals surface area contributed by atoms with Gasteiger partial charge in [-0.2, -0.15) is 0 Å². The number of ether oxygens (including phenoxy) is 1. The second kappa shape index (κ2) is 7.97. The number of Topliss-reactive ketones (excluding diaryl/α,β-unsaturated/α-hetero) is 1. The number of allylic oxidation sites excluding steroid dienone is 2. The number of ketones is 2. The Morgan fingerprint density at radius 2 is 1.77 bits per heavy atom. The molecule has 1 aliphatic rings. The van der Waals surface area contributed by atoms with Gasteiger partial charge in [-0.25, -0.2) is 0 Å². The van der Waals surface area contributed by atoms with Gasteiger partial charge in [0.2, 0.25) is 0 Å². The Morgan fingerprint density at radius 1 is 1.15 bits per heavy atom. The minimum Gasteiger partial charge on any atom is -0.507 e. The van der Waals surface area contributed by atoms with E-state index in [9.17, 15) is 24.6 Å². The molecule has 0 saturated carbocycles. The van der Waals surface area contributed by atoms with Crippen LogP contribution in [0, 0.1) is 0 Å². The molecule has 0 radical (unpaired) electrons. The second-order valence-corrected chi connectivity index (χ2v) is 6.12. The predicted octanol–water partition coefficient (Wildman–Crippen LogP) is 2.05. The van der Waals surface area contributed by atoms with E-state index in [1.807, 2.05) is 13.8 Å². The summed E-state index contributed by atoms with van der Waals surface area (Å²) in [4.78, 5) is 37.0. The maximum Gasteiger partial charge on any atom is 0.308 e. The number of carbonyl (C=O) groups excluding carboxylic acids is 3. The summed E-state index contributed by atoms with van der Waals surface area (Å²) >= 11 is 0. The smallest absolute Gasteiger partial charge is 0.308 e. The fourth-order valence-electron chi connectivity index (χ4n) is 2.61. The molecular weight excluding hydrogens is 340 g/mol. The van der Waals surface area contributed by atoms with E-state index in [-0.39, 0.29) is 29.5 Å². The van der Waals surface area contributed by atoms with Crippen molar-refractivity contribution in [3.05, 3.63) is 46.6 Å². The fraction of sp³-hybridized carbons (Fsp3) is 0.316. The lowest BCUT2D eigenvalue weighted by atomic mass is 9.85. The topological polar surface area (TPSA) is 121 Å². The molecule has 1 aliphatic carbocycles. The van der Waals surface area contributed by atoms with Crippen LogP contribution in [0.1, 0.15) is 47.4 Å². The van der Waals surface area contributed by atoms with Gasteiger partial charge in [0.1, 0.15) is 17.6 Å². The predicted molar refractivity (Wildman–Crippen MR) is 92.1 cm³/mol. The molecule has 7 nitrogen and oxygen atoms in total. The molecule has 0 spiro atoms. The molecule has 1 atom stereocenters. The second-order valence-electron chi connectivity index (χ2n) is 6.12. The van der Waals surface area contributed by atoms with Crippen molar-refractivity contribution in [2.75, 3.05) is 6.61 Å². The fourth-order valence-corrected chi connectivity index (χ4v) is 2.61. The lowest BCUT2D eigenvalue weighted by molar-refractivity contribution is -0.147. The average Bonchev–Trinajstić information content (AvgIpc) is 2.57. The van der Waals surface area contributed by atoms with Crippen LogP contribution in [-0.4, -0.2) is 45.6 Å². The van der Waals surface area contributed by atoms with Gasteiger partial charge in [-0.1, -0.05) is 11.6 Å². The van der Waals surface area contributed by atoms with E-state index in [1.165, 1.54) is 0 Å². The number of rotatable bonds is 6. The van der Waals surface area contributed by atoms with Crippen LogP contribution in [0.3, 0.4) is 0 Å². The van der Waals surface area contributed by atoms with Crippen molar-refractivity contribution in [3.63, 3.8) is 0 Å².